The van der Waals surface area contributed by atoms with Gasteiger partial charge in [-0.1, -0.05) is 27.3 Å². The van der Waals surface area contributed by atoms with Gasteiger partial charge in [0, 0.05) is 22.3 Å². The fourth-order valence-electron chi connectivity index (χ4n) is 2.32. The van der Waals surface area contributed by atoms with Crippen molar-refractivity contribution in [3.8, 4) is 23.0 Å². The number of nitrogens with zero attached hydrogens (tertiary/aromatic N) is 2. The summed E-state index contributed by atoms with van der Waals surface area (Å²) in [4.78, 5) is 8.85. The van der Waals surface area contributed by atoms with Crippen LogP contribution in [-0.2, 0) is 0 Å². The summed E-state index contributed by atoms with van der Waals surface area (Å²) in [6.45, 7) is 0. The molecule has 1 aromatic heterocycles. The molecule has 3 aromatic rings. The molecule has 8 heteroatoms. The highest BCUT2D eigenvalue weighted by Gasteiger charge is 2.19. The third kappa shape index (κ3) is 3.40. The third-order valence-corrected chi connectivity index (χ3v) is 4.95. The van der Waals surface area contributed by atoms with Gasteiger partial charge in [-0.25, -0.2) is 9.98 Å². The van der Waals surface area contributed by atoms with Crippen molar-refractivity contribution in [1.29, 1.82) is 0 Å². The second-order valence-electron chi connectivity index (χ2n) is 4.95. The van der Waals surface area contributed by atoms with Gasteiger partial charge < -0.3 is 19.3 Å². The van der Waals surface area contributed by atoms with Gasteiger partial charge in [-0.2, -0.15) is 0 Å². The molecule has 0 unspecified atom stereocenters. The average Bonchev–Trinajstić information content (AvgIpc) is 3.03. The van der Waals surface area contributed by atoms with E-state index in [-0.39, 0.29) is 5.75 Å². The van der Waals surface area contributed by atoms with Crippen LogP contribution in [0.1, 0.15) is 5.56 Å². The summed E-state index contributed by atoms with van der Waals surface area (Å²) < 4.78 is 17.9. The average molecular weight is 423 g/mol. The number of methoxy groups -OCH3 is 3. The number of aliphatic imine (C=N–C) groups is 1. The number of ether oxygens (including phenoxy) is 3. The molecule has 3 rings (SSSR count). The summed E-state index contributed by atoms with van der Waals surface area (Å²) in [6, 6.07) is 6.91. The van der Waals surface area contributed by atoms with E-state index in [1.165, 1.54) is 11.3 Å². The number of rotatable bonds is 5. The number of aromatic nitrogens is 1. The van der Waals surface area contributed by atoms with Crippen LogP contribution >= 0.6 is 27.3 Å². The van der Waals surface area contributed by atoms with Gasteiger partial charge in [0.05, 0.1) is 26.8 Å². The van der Waals surface area contributed by atoms with Gasteiger partial charge in [-0.15, -0.1) is 0 Å². The van der Waals surface area contributed by atoms with Crippen LogP contribution in [-0.4, -0.2) is 37.6 Å². The van der Waals surface area contributed by atoms with E-state index in [4.69, 9.17) is 14.2 Å². The van der Waals surface area contributed by atoms with Crippen LogP contribution in [0.2, 0.25) is 0 Å². The molecule has 0 radical (unpaired) electrons. The zero-order valence-electron chi connectivity index (χ0n) is 13.7. The third-order valence-electron chi connectivity index (χ3n) is 3.48. The van der Waals surface area contributed by atoms with E-state index in [0.29, 0.717) is 33.5 Å². The number of hydrogen-bond acceptors (Lipinski definition) is 7. The molecule has 130 valence electrons. The van der Waals surface area contributed by atoms with Crippen LogP contribution in [0.15, 0.2) is 33.7 Å². The second kappa shape index (κ2) is 7.28. The molecule has 6 nitrogen and oxygen atoms in total. The van der Waals surface area contributed by atoms with E-state index >= 15 is 0 Å². The maximum atomic E-state index is 9.89. The zero-order valence-corrected chi connectivity index (χ0v) is 16.1. The Labute approximate surface area is 156 Å². The van der Waals surface area contributed by atoms with Crippen molar-refractivity contribution in [2.45, 2.75) is 0 Å². The maximum Gasteiger partial charge on any atom is 0.210 e. The minimum atomic E-state index is 0.147. The number of benzene rings is 2. The first-order chi connectivity index (χ1) is 12.1. The molecule has 0 fully saturated rings. The number of fused-ring (bicyclic) bond motifs is 1. The Kier molecular flexibility index (Phi) is 5.10. The highest BCUT2D eigenvalue weighted by molar-refractivity contribution is 9.10. The van der Waals surface area contributed by atoms with Gasteiger partial charge in [0.1, 0.15) is 10.4 Å². The van der Waals surface area contributed by atoms with Gasteiger partial charge in [0.2, 0.25) is 10.9 Å². The first-order valence-electron chi connectivity index (χ1n) is 7.19. The molecular formula is C17H15BrN2O4S. The smallest absolute Gasteiger partial charge is 0.210 e. The lowest BCUT2D eigenvalue weighted by Crippen LogP contribution is -1.94. The van der Waals surface area contributed by atoms with Crippen LogP contribution in [0.3, 0.4) is 0 Å². The monoisotopic (exact) mass is 422 g/mol. The Hall–Kier alpha value is -2.32. The summed E-state index contributed by atoms with van der Waals surface area (Å²) in [5.41, 5.74) is 1.29. The molecule has 0 aliphatic heterocycles. The largest absolute Gasteiger partial charge is 0.507 e. The molecular weight excluding hydrogens is 408 g/mol. The molecule has 0 aliphatic rings. The molecule has 2 aromatic carbocycles. The molecule has 0 saturated carbocycles. The molecule has 0 saturated heterocycles. The minimum absolute atomic E-state index is 0.147. The first-order valence-corrected chi connectivity index (χ1v) is 8.80. The normalized spacial score (nSPS) is 11.2. The Balaban J connectivity index is 2.06. The van der Waals surface area contributed by atoms with Crippen LogP contribution < -0.4 is 14.2 Å². The maximum absolute atomic E-state index is 9.89. The highest BCUT2D eigenvalue weighted by atomic mass is 79.9. The molecule has 0 bridgehead atoms. The van der Waals surface area contributed by atoms with Crippen LogP contribution in [0.25, 0.3) is 10.2 Å². The first kappa shape index (κ1) is 17.5. The topological polar surface area (TPSA) is 73.2 Å². The Morgan fingerprint density at radius 3 is 2.56 bits per heavy atom. The van der Waals surface area contributed by atoms with E-state index in [1.807, 2.05) is 0 Å². The fraction of sp³-hybridized carbons (Fsp3) is 0.176. The predicted molar refractivity (Wildman–Crippen MR) is 102 cm³/mol. The second-order valence-corrected chi connectivity index (χ2v) is 6.84. The summed E-state index contributed by atoms with van der Waals surface area (Å²) in [5.74, 6) is 1.76. The number of phenols is 1. The number of halogens is 1. The summed E-state index contributed by atoms with van der Waals surface area (Å²) in [6.07, 6.45) is 1.57. The Morgan fingerprint density at radius 1 is 1.12 bits per heavy atom. The van der Waals surface area contributed by atoms with Gasteiger partial charge in [0.15, 0.2) is 11.5 Å². The van der Waals surface area contributed by atoms with Gasteiger partial charge in [0.25, 0.3) is 0 Å². The van der Waals surface area contributed by atoms with E-state index in [0.717, 1.165) is 9.17 Å². The number of aromatic hydroxyl groups is 1. The summed E-state index contributed by atoms with van der Waals surface area (Å²) in [7, 11) is 4.69. The van der Waals surface area contributed by atoms with Crippen LogP contribution in [0.5, 0.6) is 23.0 Å². The van der Waals surface area contributed by atoms with Crippen LogP contribution in [0.4, 0.5) is 5.13 Å². The predicted octanol–water partition coefficient (Wildman–Crippen LogP) is 4.54. The SMILES string of the molecule is COc1cc2nc(N=Cc3cc(Br)ccc3O)sc2c(OC)c1OC. The van der Waals surface area contributed by atoms with E-state index in [1.54, 1.807) is 51.8 Å². The summed E-state index contributed by atoms with van der Waals surface area (Å²) >= 11 is 4.73. The summed E-state index contributed by atoms with van der Waals surface area (Å²) in [5, 5.41) is 10.4. The number of hydrogen-bond donors (Lipinski definition) is 1. The lowest BCUT2D eigenvalue weighted by atomic mass is 10.2. The fourth-order valence-corrected chi connectivity index (χ4v) is 3.61. The van der Waals surface area contributed by atoms with Crippen molar-refractivity contribution >= 4 is 48.8 Å². The van der Waals surface area contributed by atoms with Crippen molar-refractivity contribution in [1.82, 2.24) is 4.98 Å². The minimum Gasteiger partial charge on any atom is -0.507 e. The van der Waals surface area contributed by atoms with Crippen molar-refractivity contribution in [2.24, 2.45) is 4.99 Å². The molecule has 1 heterocycles. The van der Waals surface area contributed by atoms with Crippen molar-refractivity contribution in [3.63, 3.8) is 0 Å². The van der Waals surface area contributed by atoms with Crippen molar-refractivity contribution in [3.05, 3.63) is 34.3 Å². The lowest BCUT2D eigenvalue weighted by molar-refractivity contribution is 0.327. The van der Waals surface area contributed by atoms with Gasteiger partial charge in [-0.3, -0.25) is 0 Å². The van der Waals surface area contributed by atoms with E-state index < -0.39 is 0 Å². The molecule has 0 spiro atoms. The zero-order chi connectivity index (χ0) is 18.0. The molecule has 1 N–H and O–H groups in total. The lowest BCUT2D eigenvalue weighted by Gasteiger charge is -2.11. The number of phenolic OH excluding ortho intramolecular Hbond substituents is 1. The van der Waals surface area contributed by atoms with Gasteiger partial charge in [-0.05, 0) is 18.2 Å². The molecule has 0 amide bonds. The molecule has 0 aliphatic carbocycles. The molecule has 25 heavy (non-hydrogen) atoms. The number of thiazole rings is 1. The van der Waals surface area contributed by atoms with E-state index in [9.17, 15) is 5.11 Å². The standard InChI is InChI=1S/C17H15BrN2O4S/c1-22-13-7-11-16(15(24-3)14(13)23-2)25-17(20-11)19-8-9-6-10(18)4-5-12(9)21/h4-8,21H,1-3H3. The molecule has 0 atom stereocenters. The van der Waals surface area contributed by atoms with Gasteiger partial charge >= 0.3 is 0 Å². The Bertz CT molecular complexity index is 955. The van der Waals surface area contributed by atoms with Crippen molar-refractivity contribution in [2.75, 3.05) is 21.3 Å². The van der Waals surface area contributed by atoms with Crippen LogP contribution in [0, 0.1) is 0 Å². The Morgan fingerprint density at radius 2 is 1.88 bits per heavy atom. The quantitative estimate of drug-likeness (QED) is 0.610. The highest BCUT2D eigenvalue weighted by Crippen LogP contribution is 2.46. The van der Waals surface area contributed by atoms with E-state index in [2.05, 4.69) is 25.9 Å². The van der Waals surface area contributed by atoms with Crippen molar-refractivity contribution < 1.29 is 19.3 Å².